The van der Waals surface area contributed by atoms with Crippen molar-refractivity contribution >= 4 is 18.3 Å². The van der Waals surface area contributed by atoms with Gasteiger partial charge < -0.3 is 10.2 Å². The number of nitrogens with zero attached hydrogens (tertiary/aromatic N) is 1. The van der Waals surface area contributed by atoms with Gasteiger partial charge in [-0.05, 0) is 25.8 Å². The van der Waals surface area contributed by atoms with E-state index < -0.39 is 0 Å². The number of unbranched alkanes of at least 4 members (excludes halogenated alkanes) is 1. The fourth-order valence-corrected chi connectivity index (χ4v) is 1.88. The molecule has 4 heteroatoms. The molecule has 1 unspecified atom stereocenters. The van der Waals surface area contributed by atoms with Gasteiger partial charge >= 0.3 is 0 Å². The summed E-state index contributed by atoms with van der Waals surface area (Å²) < 4.78 is 0. The Morgan fingerprint density at radius 1 is 1.53 bits per heavy atom. The number of piperidine rings is 1. The largest absolute Gasteiger partial charge is 0.345 e. The summed E-state index contributed by atoms with van der Waals surface area (Å²) >= 11 is 0. The molecule has 1 fully saturated rings. The van der Waals surface area contributed by atoms with Gasteiger partial charge in [-0.2, -0.15) is 0 Å². The van der Waals surface area contributed by atoms with Crippen LogP contribution in [0.3, 0.4) is 0 Å². The van der Waals surface area contributed by atoms with E-state index in [1.54, 1.807) is 0 Å². The Hall–Kier alpha value is -0.280. The normalized spacial score (nSPS) is 20.5. The molecule has 90 valence electrons. The highest BCUT2D eigenvalue weighted by molar-refractivity contribution is 5.85. The number of hydrogen-bond donors (Lipinski definition) is 1. The van der Waals surface area contributed by atoms with E-state index in [4.69, 9.17) is 0 Å². The van der Waals surface area contributed by atoms with Crippen LogP contribution in [0.5, 0.6) is 0 Å². The second kappa shape index (κ2) is 7.94. The van der Waals surface area contributed by atoms with Gasteiger partial charge in [0.05, 0.1) is 5.92 Å². The van der Waals surface area contributed by atoms with Crippen molar-refractivity contribution in [2.75, 3.05) is 26.7 Å². The van der Waals surface area contributed by atoms with Crippen LogP contribution in [0.2, 0.25) is 0 Å². The van der Waals surface area contributed by atoms with E-state index in [0.29, 0.717) is 5.91 Å². The summed E-state index contributed by atoms with van der Waals surface area (Å²) in [4.78, 5) is 13.8. The molecule has 1 atom stereocenters. The minimum absolute atomic E-state index is 0. The van der Waals surface area contributed by atoms with Crippen LogP contribution in [0.4, 0.5) is 0 Å². The van der Waals surface area contributed by atoms with Crippen molar-refractivity contribution in [3.8, 4) is 0 Å². The van der Waals surface area contributed by atoms with E-state index >= 15 is 0 Å². The minimum atomic E-state index is 0. The van der Waals surface area contributed by atoms with Crippen LogP contribution in [-0.2, 0) is 4.79 Å². The average Bonchev–Trinajstić information content (AvgIpc) is 2.26. The van der Waals surface area contributed by atoms with Crippen LogP contribution < -0.4 is 5.32 Å². The molecule has 1 heterocycles. The van der Waals surface area contributed by atoms with Crippen LogP contribution in [-0.4, -0.2) is 37.5 Å². The molecule has 15 heavy (non-hydrogen) atoms. The molecule has 3 nitrogen and oxygen atoms in total. The molecule has 0 bridgehead atoms. The van der Waals surface area contributed by atoms with Gasteiger partial charge in [-0.25, -0.2) is 0 Å². The van der Waals surface area contributed by atoms with Crippen LogP contribution >= 0.6 is 12.4 Å². The first-order valence-electron chi connectivity index (χ1n) is 5.71. The van der Waals surface area contributed by atoms with Crippen molar-refractivity contribution in [3.63, 3.8) is 0 Å². The van der Waals surface area contributed by atoms with E-state index in [-0.39, 0.29) is 18.3 Å². The van der Waals surface area contributed by atoms with E-state index in [1.165, 1.54) is 0 Å². The van der Waals surface area contributed by atoms with Crippen molar-refractivity contribution in [1.82, 2.24) is 10.2 Å². The van der Waals surface area contributed by atoms with Gasteiger partial charge in [-0.15, -0.1) is 12.4 Å². The van der Waals surface area contributed by atoms with Gasteiger partial charge in [0.25, 0.3) is 0 Å². The predicted octanol–water partition coefficient (Wildman–Crippen LogP) is 1.67. The molecule has 1 amide bonds. The van der Waals surface area contributed by atoms with Crippen molar-refractivity contribution in [3.05, 3.63) is 0 Å². The van der Waals surface area contributed by atoms with Gasteiger partial charge in [0.15, 0.2) is 0 Å². The molecule has 0 aromatic rings. The number of amides is 1. The molecular formula is C11H23ClN2O. The molecule has 1 rings (SSSR count). The molecule has 1 N–H and O–H groups in total. The summed E-state index contributed by atoms with van der Waals surface area (Å²) in [5, 5.41) is 3.28. The fraction of sp³-hybridized carbons (Fsp3) is 0.909. The molecule has 0 aromatic heterocycles. The first-order valence-corrected chi connectivity index (χ1v) is 5.71. The maximum absolute atomic E-state index is 11.9. The van der Waals surface area contributed by atoms with Crippen molar-refractivity contribution in [2.24, 2.45) is 5.92 Å². The summed E-state index contributed by atoms with van der Waals surface area (Å²) in [5.41, 5.74) is 0. The topological polar surface area (TPSA) is 32.3 Å². The third kappa shape index (κ3) is 4.85. The number of nitrogens with one attached hydrogen (secondary N) is 1. The quantitative estimate of drug-likeness (QED) is 0.803. The van der Waals surface area contributed by atoms with Crippen molar-refractivity contribution in [2.45, 2.75) is 32.6 Å². The average molecular weight is 235 g/mol. The Balaban J connectivity index is 0.00000196. The zero-order chi connectivity index (χ0) is 10.4. The number of carbonyl (C=O) groups excluding carboxylic acids is 1. The number of hydrogen-bond acceptors (Lipinski definition) is 2. The Kier molecular flexibility index (Phi) is 7.79. The van der Waals surface area contributed by atoms with Gasteiger partial charge in [-0.3, -0.25) is 4.79 Å². The Morgan fingerprint density at radius 2 is 2.27 bits per heavy atom. The van der Waals surface area contributed by atoms with Gasteiger partial charge in [-0.1, -0.05) is 13.3 Å². The summed E-state index contributed by atoms with van der Waals surface area (Å²) in [6.45, 7) is 5.00. The van der Waals surface area contributed by atoms with Gasteiger partial charge in [0.2, 0.25) is 5.91 Å². The lowest BCUT2D eigenvalue weighted by atomic mass is 9.98. The maximum Gasteiger partial charge on any atom is 0.226 e. The molecule has 0 spiro atoms. The van der Waals surface area contributed by atoms with Crippen LogP contribution in [0.25, 0.3) is 0 Å². The lowest BCUT2D eigenvalue weighted by Crippen LogP contribution is -2.41. The second-order valence-corrected chi connectivity index (χ2v) is 4.16. The molecule has 1 saturated heterocycles. The summed E-state index contributed by atoms with van der Waals surface area (Å²) in [7, 11) is 1.92. The first-order chi connectivity index (χ1) is 6.75. The lowest BCUT2D eigenvalue weighted by Gasteiger charge is -2.26. The Bertz CT molecular complexity index is 181. The molecule has 0 saturated carbocycles. The highest BCUT2D eigenvalue weighted by atomic mass is 35.5. The number of rotatable bonds is 4. The van der Waals surface area contributed by atoms with Crippen molar-refractivity contribution < 1.29 is 4.79 Å². The monoisotopic (exact) mass is 234 g/mol. The highest BCUT2D eigenvalue weighted by Gasteiger charge is 2.23. The number of carbonyl (C=O) groups is 1. The fourth-order valence-electron chi connectivity index (χ4n) is 1.88. The molecule has 1 aliphatic heterocycles. The zero-order valence-corrected chi connectivity index (χ0v) is 10.6. The summed E-state index contributed by atoms with van der Waals surface area (Å²) in [6.07, 6.45) is 4.46. The minimum Gasteiger partial charge on any atom is -0.345 e. The number of halogens is 1. The highest BCUT2D eigenvalue weighted by Crippen LogP contribution is 2.12. The summed E-state index contributed by atoms with van der Waals surface area (Å²) in [6, 6.07) is 0. The maximum atomic E-state index is 11.9. The standard InChI is InChI=1S/C11H22N2O.ClH/c1-3-4-8-13(2)11(14)10-6-5-7-12-9-10;/h10,12H,3-9H2,1-2H3;1H. The van der Waals surface area contributed by atoms with Crippen LogP contribution in [0.1, 0.15) is 32.6 Å². The third-order valence-corrected chi connectivity index (χ3v) is 2.87. The zero-order valence-electron chi connectivity index (χ0n) is 9.79. The molecular weight excluding hydrogens is 212 g/mol. The smallest absolute Gasteiger partial charge is 0.226 e. The van der Waals surface area contributed by atoms with Crippen LogP contribution in [0, 0.1) is 5.92 Å². The molecule has 0 aromatic carbocycles. The van der Waals surface area contributed by atoms with Crippen LogP contribution in [0.15, 0.2) is 0 Å². The van der Waals surface area contributed by atoms with E-state index in [2.05, 4.69) is 12.2 Å². The Morgan fingerprint density at radius 3 is 2.80 bits per heavy atom. The van der Waals surface area contributed by atoms with Gasteiger partial charge in [0.1, 0.15) is 0 Å². The van der Waals surface area contributed by atoms with Gasteiger partial charge in [0, 0.05) is 20.1 Å². The first kappa shape index (κ1) is 14.7. The van der Waals surface area contributed by atoms with E-state index in [0.717, 1.165) is 45.3 Å². The SMILES string of the molecule is CCCCN(C)C(=O)C1CCCNC1.Cl. The van der Waals surface area contributed by atoms with E-state index in [9.17, 15) is 4.79 Å². The molecule has 0 aliphatic carbocycles. The molecule has 0 radical (unpaired) electrons. The second-order valence-electron chi connectivity index (χ2n) is 4.16. The third-order valence-electron chi connectivity index (χ3n) is 2.87. The van der Waals surface area contributed by atoms with Crippen molar-refractivity contribution in [1.29, 1.82) is 0 Å². The summed E-state index contributed by atoms with van der Waals surface area (Å²) in [5.74, 6) is 0.552. The van der Waals surface area contributed by atoms with E-state index in [1.807, 2.05) is 11.9 Å². The lowest BCUT2D eigenvalue weighted by molar-refractivity contribution is -0.134. The molecule has 1 aliphatic rings. The Labute approximate surface area is 99.0 Å². The predicted molar refractivity (Wildman–Crippen MR) is 65.4 cm³/mol.